The summed E-state index contributed by atoms with van der Waals surface area (Å²) >= 11 is 0. The maximum absolute atomic E-state index is 5.70. The van der Waals surface area contributed by atoms with Gasteiger partial charge in [0.15, 0.2) is 5.58 Å². The van der Waals surface area contributed by atoms with Gasteiger partial charge in [-0.15, -0.1) is 0 Å². The summed E-state index contributed by atoms with van der Waals surface area (Å²) in [5.41, 5.74) is 7.95. The third kappa shape index (κ3) is 2.41. The van der Waals surface area contributed by atoms with Crippen LogP contribution in [0.25, 0.3) is 11.1 Å². The summed E-state index contributed by atoms with van der Waals surface area (Å²) in [4.78, 5) is 4.35. The highest BCUT2D eigenvalue weighted by Gasteiger charge is 2.15. The molecule has 1 aliphatic rings. The average molecular weight is 247 g/mol. The van der Waals surface area contributed by atoms with Gasteiger partial charge in [0.25, 0.3) is 6.01 Å². The Hall–Kier alpha value is -1.75. The molecule has 1 atom stereocenters. The van der Waals surface area contributed by atoms with E-state index in [0.29, 0.717) is 17.6 Å². The van der Waals surface area contributed by atoms with Crippen molar-refractivity contribution in [2.24, 2.45) is 5.92 Å². The summed E-state index contributed by atoms with van der Waals surface area (Å²) in [5.74, 6) is 0.664. The molecule has 0 radical (unpaired) electrons. The molecule has 1 aliphatic heterocycles. The number of nitrogen functional groups attached to an aromatic ring is 1. The number of rotatable bonds is 4. The minimum atomic E-state index is 0.564. The minimum absolute atomic E-state index is 0.564. The van der Waals surface area contributed by atoms with Crippen molar-refractivity contribution < 1.29 is 9.15 Å². The highest BCUT2D eigenvalue weighted by molar-refractivity contribution is 5.78. The van der Waals surface area contributed by atoms with Gasteiger partial charge in [-0.05, 0) is 37.0 Å². The van der Waals surface area contributed by atoms with Gasteiger partial charge in [0, 0.05) is 25.4 Å². The Kier molecular flexibility index (Phi) is 3.06. The number of fused-ring (bicyclic) bond motifs is 1. The number of hydrogen-bond acceptors (Lipinski definition) is 5. The quantitative estimate of drug-likeness (QED) is 0.811. The van der Waals surface area contributed by atoms with E-state index in [1.807, 2.05) is 18.2 Å². The van der Waals surface area contributed by atoms with E-state index in [1.165, 1.54) is 0 Å². The van der Waals surface area contributed by atoms with Crippen LogP contribution in [0.1, 0.15) is 12.8 Å². The van der Waals surface area contributed by atoms with Crippen molar-refractivity contribution in [1.29, 1.82) is 0 Å². The van der Waals surface area contributed by atoms with Crippen LogP contribution in [0.5, 0.6) is 0 Å². The zero-order valence-electron chi connectivity index (χ0n) is 10.2. The van der Waals surface area contributed by atoms with Crippen molar-refractivity contribution in [2.75, 3.05) is 30.8 Å². The van der Waals surface area contributed by atoms with Crippen molar-refractivity contribution in [3.63, 3.8) is 0 Å². The van der Waals surface area contributed by atoms with Crippen molar-refractivity contribution in [3.05, 3.63) is 18.2 Å². The van der Waals surface area contributed by atoms with Crippen LogP contribution in [-0.2, 0) is 4.74 Å². The summed E-state index contributed by atoms with van der Waals surface area (Å²) in [6.45, 7) is 2.63. The number of nitrogens with two attached hydrogens (primary N) is 1. The Balaban J connectivity index is 1.60. The summed E-state index contributed by atoms with van der Waals surface area (Å²) in [5, 5.41) is 3.21. The van der Waals surface area contributed by atoms with Gasteiger partial charge >= 0.3 is 0 Å². The molecule has 5 heteroatoms. The van der Waals surface area contributed by atoms with Crippen LogP contribution in [0.15, 0.2) is 22.6 Å². The van der Waals surface area contributed by atoms with E-state index >= 15 is 0 Å². The lowest BCUT2D eigenvalue weighted by Crippen LogP contribution is -2.09. The van der Waals surface area contributed by atoms with Gasteiger partial charge in [-0.3, -0.25) is 0 Å². The van der Waals surface area contributed by atoms with Gasteiger partial charge < -0.3 is 20.2 Å². The fourth-order valence-corrected chi connectivity index (χ4v) is 2.21. The second-order valence-electron chi connectivity index (χ2n) is 4.69. The molecule has 2 heterocycles. The topological polar surface area (TPSA) is 73.3 Å². The Morgan fingerprint density at radius 2 is 2.39 bits per heavy atom. The van der Waals surface area contributed by atoms with Gasteiger partial charge in [0.1, 0.15) is 5.52 Å². The number of nitrogens with one attached hydrogen (secondary N) is 1. The number of benzene rings is 1. The molecular weight excluding hydrogens is 230 g/mol. The molecule has 0 amide bonds. The van der Waals surface area contributed by atoms with E-state index in [1.54, 1.807) is 0 Å². The fourth-order valence-electron chi connectivity index (χ4n) is 2.21. The highest BCUT2D eigenvalue weighted by atomic mass is 16.5. The van der Waals surface area contributed by atoms with Crippen molar-refractivity contribution >= 4 is 22.8 Å². The summed E-state index contributed by atoms with van der Waals surface area (Å²) in [6, 6.07) is 6.03. The number of hydrogen-bond donors (Lipinski definition) is 2. The Bertz CT molecular complexity index is 532. The summed E-state index contributed by atoms with van der Waals surface area (Å²) in [6.07, 6.45) is 2.24. The van der Waals surface area contributed by atoms with E-state index < -0.39 is 0 Å². The molecule has 1 saturated heterocycles. The molecule has 3 N–H and O–H groups in total. The lowest BCUT2D eigenvalue weighted by atomic mass is 10.1. The van der Waals surface area contributed by atoms with Gasteiger partial charge in [-0.2, -0.15) is 4.98 Å². The molecule has 0 bridgehead atoms. The van der Waals surface area contributed by atoms with Crippen LogP contribution >= 0.6 is 0 Å². The van der Waals surface area contributed by atoms with Crippen molar-refractivity contribution in [1.82, 2.24) is 4.98 Å². The second kappa shape index (κ2) is 4.86. The third-order valence-electron chi connectivity index (χ3n) is 3.26. The predicted octanol–water partition coefficient (Wildman–Crippen LogP) is 2.25. The normalized spacial score (nSPS) is 19.4. The minimum Gasteiger partial charge on any atom is -0.424 e. The third-order valence-corrected chi connectivity index (χ3v) is 3.26. The lowest BCUT2D eigenvalue weighted by Gasteiger charge is -2.06. The average Bonchev–Trinajstić information content (AvgIpc) is 2.97. The van der Waals surface area contributed by atoms with Crippen LogP contribution in [-0.4, -0.2) is 24.7 Å². The summed E-state index contributed by atoms with van der Waals surface area (Å²) < 4.78 is 10.9. The van der Waals surface area contributed by atoms with Gasteiger partial charge in [-0.25, -0.2) is 0 Å². The summed E-state index contributed by atoms with van der Waals surface area (Å²) in [7, 11) is 0. The molecule has 1 unspecified atom stereocenters. The van der Waals surface area contributed by atoms with Crippen LogP contribution in [0.4, 0.5) is 11.7 Å². The number of ether oxygens (including phenoxy) is 1. The fraction of sp³-hybridized carbons (Fsp3) is 0.462. The molecule has 96 valence electrons. The first-order valence-electron chi connectivity index (χ1n) is 6.29. The molecule has 0 aliphatic carbocycles. The number of nitrogens with zero attached hydrogens (tertiary/aromatic N) is 1. The highest BCUT2D eigenvalue weighted by Crippen LogP contribution is 2.21. The van der Waals surface area contributed by atoms with Crippen LogP contribution in [0.3, 0.4) is 0 Å². The molecule has 5 nitrogen and oxygen atoms in total. The Morgan fingerprint density at radius 1 is 1.44 bits per heavy atom. The second-order valence-corrected chi connectivity index (χ2v) is 4.69. The molecule has 0 saturated carbocycles. The van der Waals surface area contributed by atoms with E-state index in [-0.39, 0.29) is 0 Å². The monoisotopic (exact) mass is 247 g/mol. The van der Waals surface area contributed by atoms with E-state index in [4.69, 9.17) is 14.9 Å². The number of oxazole rings is 1. The van der Waals surface area contributed by atoms with Crippen LogP contribution < -0.4 is 11.1 Å². The van der Waals surface area contributed by atoms with Gasteiger partial charge in [-0.1, -0.05) is 0 Å². The van der Waals surface area contributed by atoms with E-state index in [9.17, 15) is 0 Å². The number of anilines is 2. The van der Waals surface area contributed by atoms with Crippen molar-refractivity contribution in [3.8, 4) is 0 Å². The van der Waals surface area contributed by atoms with Crippen LogP contribution in [0.2, 0.25) is 0 Å². The molecule has 1 aromatic heterocycles. The Labute approximate surface area is 105 Å². The smallest absolute Gasteiger partial charge is 0.295 e. The molecule has 1 aromatic carbocycles. The van der Waals surface area contributed by atoms with Crippen LogP contribution in [0, 0.1) is 5.92 Å². The zero-order valence-corrected chi connectivity index (χ0v) is 10.2. The maximum Gasteiger partial charge on any atom is 0.295 e. The lowest BCUT2D eigenvalue weighted by molar-refractivity contribution is 0.185. The molecule has 3 rings (SSSR count). The first-order valence-corrected chi connectivity index (χ1v) is 6.29. The van der Waals surface area contributed by atoms with Gasteiger partial charge in [0.05, 0.1) is 0 Å². The van der Waals surface area contributed by atoms with E-state index in [2.05, 4.69) is 10.3 Å². The molecule has 0 spiro atoms. The zero-order chi connectivity index (χ0) is 12.4. The van der Waals surface area contributed by atoms with E-state index in [0.717, 1.165) is 43.7 Å². The van der Waals surface area contributed by atoms with Gasteiger partial charge in [0.2, 0.25) is 0 Å². The first kappa shape index (κ1) is 11.3. The molecule has 1 fully saturated rings. The SMILES string of the molecule is Nc1ccc2oc(NCCC3CCOC3)nc2c1. The maximum atomic E-state index is 5.70. The molecule has 2 aromatic rings. The molecule has 18 heavy (non-hydrogen) atoms. The largest absolute Gasteiger partial charge is 0.424 e. The molecular formula is C13H17N3O2. The standard InChI is InChI=1S/C13H17N3O2/c14-10-1-2-12-11(7-10)16-13(18-12)15-5-3-9-4-6-17-8-9/h1-2,7,9H,3-6,8,14H2,(H,15,16). The predicted molar refractivity (Wildman–Crippen MR) is 70.5 cm³/mol. The first-order chi connectivity index (χ1) is 8.81. The Morgan fingerprint density at radius 3 is 3.22 bits per heavy atom. The number of aromatic nitrogens is 1. The van der Waals surface area contributed by atoms with Crippen molar-refractivity contribution in [2.45, 2.75) is 12.8 Å².